The largest absolute Gasteiger partial charge is 0.317 e. The van der Waals surface area contributed by atoms with Crippen molar-refractivity contribution in [2.75, 3.05) is 20.6 Å². The van der Waals surface area contributed by atoms with Crippen molar-refractivity contribution in [2.45, 2.75) is 38.3 Å². The molecule has 0 spiro atoms. The van der Waals surface area contributed by atoms with Crippen molar-refractivity contribution in [1.82, 2.24) is 10.2 Å². The minimum Gasteiger partial charge on any atom is -0.317 e. The molecule has 1 aliphatic carbocycles. The first-order valence-electron chi connectivity index (χ1n) is 7.27. The lowest BCUT2D eigenvalue weighted by atomic mass is 9.86. The molecule has 19 heavy (non-hydrogen) atoms. The fourth-order valence-corrected chi connectivity index (χ4v) is 3.09. The molecule has 1 fully saturated rings. The van der Waals surface area contributed by atoms with Crippen molar-refractivity contribution in [3.8, 4) is 0 Å². The standard InChI is InChI=1S/C16H25FN2/c1-18-16-8-6-13(7-9-16)11-19(2)12-14-4-3-5-15(17)10-14/h3-5,10,13,16,18H,6-9,11-12H2,1-2H3. The van der Waals surface area contributed by atoms with Crippen molar-refractivity contribution >= 4 is 0 Å². The van der Waals surface area contributed by atoms with Crippen LogP contribution in [0.1, 0.15) is 31.2 Å². The van der Waals surface area contributed by atoms with Gasteiger partial charge < -0.3 is 10.2 Å². The summed E-state index contributed by atoms with van der Waals surface area (Å²) in [6.07, 6.45) is 5.18. The van der Waals surface area contributed by atoms with Crippen LogP contribution in [-0.2, 0) is 6.54 Å². The van der Waals surface area contributed by atoms with Gasteiger partial charge in [-0.25, -0.2) is 4.39 Å². The van der Waals surface area contributed by atoms with E-state index in [0.717, 1.165) is 24.6 Å². The van der Waals surface area contributed by atoms with Gasteiger partial charge in [0.25, 0.3) is 0 Å². The van der Waals surface area contributed by atoms with Gasteiger partial charge >= 0.3 is 0 Å². The highest BCUT2D eigenvalue weighted by molar-refractivity contribution is 5.16. The zero-order valence-corrected chi connectivity index (χ0v) is 12.0. The molecule has 2 rings (SSSR count). The summed E-state index contributed by atoms with van der Waals surface area (Å²) in [5, 5.41) is 3.37. The first-order valence-corrected chi connectivity index (χ1v) is 7.27. The van der Waals surface area contributed by atoms with E-state index in [1.165, 1.54) is 31.7 Å². The van der Waals surface area contributed by atoms with E-state index in [1.54, 1.807) is 12.1 Å². The molecule has 1 saturated carbocycles. The number of nitrogens with one attached hydrogen (secondary N) is 1. The molecule has 0 atom stereocenters. The van der Waals surface area contributed by atoms with Gasteiger partial charge in [0.1, 0.15) is 5.82 Å². The van der Waals surface area contributed by atoms with Crippen molar-refractivity contribution in [2.24, 2.45) is 5.92 Å². The Kier molecular flexibility index (Phi) is 5.34. The summed E-state index contributed by atoms with van der Waals surface area (Å²) in [5.41, 5.74) is 1.06. The molecule has 0 unspecified atom stereocenters. The maximum atomic E-state index is 13.1. The van der Waals surface area contributed by atoms with E-state index in [4.69, 9.17) is 0 Å². The highest BCUT2D eigenvalue weighted by Gasteiger charge is 2.20. The Morgan fingerprint density at radius 3 is 2.63 bits per heavy atom. The van der Waals surface area contributed by atoms with Crippen LogP contribution in [-0.4, -0.2) is 31.6 Å². The molecule has 1 N–H and O–H groups in total. The molecule has 3 heteroatoms. The quantitative estimate of drug-likeness (QED) is 0.879. The van der Waals surface area contributed by atoms with Crippen molar-refractivity contribution in [1.29, 1.82) is 0 Å². The maximum Gasteiger partial charge on any atom is 0.123 e. The Balaban J connectivity index is 1.77. The summed E-state index contributed by atoms with van der Waals surface area (Å²) < 4.78 is 13.1. The first kappa shape index (κ1) is 14.5. The van der Waals surface area contributed by atoms with Gasteiger partial charge in [0.2, 0.25) is 0 Å². The third-order valence-corrected chi connectivity index (χ3v) is 4.17. The maximum absolute atomic E-state index is 13.1. The number of benzene rings is 1. The summed E-state index contributed by atoms with van der Waals surface area (Å²) in [6.45, 7) is 1.96. The van der Waals surface area contributed by atoms with E-state index in [9.17, 15) is 4.39 Å². The highest BCUT2D eigenvalue weighted by atomic mass is 19.1. The van der Waals surface area contributed by atoms with Crippen LogP contribution < -0.4 is 5.32 Å². The lowest BCUT2D eigenvalue weighted by Crippen LogP contribution is -2.34. The minimum atomic E-state index is -0.138. The third-order valence-electron chi connectivity index (χ3n) is 4.17. The van der Waals surface area contributed by atoms with Crippen LogP contribution in [0.5, 0.6) is 0 Å². The molecule has 1 aromatic carbocycles. The smallest absolute Gasteiger partial charge is 0.123 e. The average Bonchev–Trinajstić information content (AvgIpc) is 2.39. The Morgan fingerprint density at radius 2 is 2.00 bits per heavy atom. The fraction of sp³-hybridized carbons (Fsp3) is 0.625. The predicted octanol–water partition coefficient (Wildman–Crippen LogP) is 3.04. The molecule has 0 saturated heterocycles. The van der Waals surface area contributed by atoms with Gasteiger partial charge in [0.15, 0.2) is 0 Å². The van der Waals surface area contributed by atoms with Gasteiger partial charge in [-0.2, -0.15) is 0 Å². The monoisotopic (exact) mass is 264 g/mol. The molecule has 2 nitrogen and oxygen atoms in total. The number of hydrogen-bond donors (Lipinski definition) is 1. The second-order valence-electron chi connectivity index (χ2n) is 5.83. The van der Waals surface area contributed by atoms with Crippen LogP contribution in [0.2, 0.25) is 0 Å². The molecule has 106 valence electrons. The molecule has 0 aromatic heterocycles. The normalized spacial score (nSPS) is 23.8. The number of rotatable bonds is 5. The summed E-state index contributed by atoms with van der Waals surface area (Å²) in [6, 6.07) is 7.63. The fourth-order valence-electron chi connectivity index (χ4n) is 3.09. The van der Waals surface area contributed by atoms with Gasteiger partial charge in [-0.3, -0.25) is 0 Å². The number of halogens is 1. The van der Waals surface area contributed by atoms with Crippen molar-refractivity contribution in [3.05, 3.63) is 35.6 Å². The molecule has 0 aliphatic heterocycles. The lowest BCUT2D eigenvalue weighted by molar-refractivity contribution is 0.211. The van der Waals surface area contributed by atoms with Crippen LogP contribution in [0.3, 0.4) is 0 Å². The highest BCUT2D eigenvalue weighted by Crippen LogP contribution is 2.25. The summed E-state index contributed by atoms with van der Waals surface area (Å²) in [7, 11) is 4.19. The zero-order chi connectivity index (χ0) is 13.7. The second kappa shape index (κ2) is 7.01. The third kappa shape index (κ3) is 4.59. The van der Waals surface area contributed by atoms with Gasteiger partial charge in [0, 0.05) is 19.1 Å². The van der Waals surface area contributed by atoms with Crippen LogP contribution in [0, 0.1) is 11.7 Å². The first-order chi connectivity index (χ1) is 9.17. The van der Waals surface area contributed by atoms with Crippen LogP contribution in [0.4, 0.5) is 4.39 Å². The Labute approximate surface area is 116 Å². The molecule has 0 bridgehead atoms. The summed E-state index contributed by atoms with van der Waals surface area (Å²) >= 11 is 0. The molecule has 0 heterocycles. The molecule has 1 aliphatic rings. The van der Waals surface area contributed by atoms with E-state index in [2.05, 4.69) is 24.3 Å². The average molecular weight is 264 g/mol. The Hall–Kier alpha value is -0.930. The zero-order valence-electron chi connectivity index (χ0n) is 12.0. The van der Waals surface area contributed by atoms with Crippen LogP contribution >= 0.6 is 0 Å². The SMILES string of the molecule is CNC1CCC(CN(C)Cc2cccc(F)c2)CC1. The minimum absolute atomic E-state index is 0.138. The van der Waals surface area contributed by atoms with Gasteiger partial charge in [0.05, 0.1) is 0 Å². The van der Waals surface area contributed by atoms with Crippen molar-refractivity contribution < 1.29 is 4.39 Å². The number of hydrogen-bond acceptors (Lipinski definition) is 2. The van der Waals surface area contributed by atoms with Gasteiger partial charge in [-0.15, -0.1) is 0 Å². The van der Waals surface area contributed by atoms with Crippen LogP contribution in [0.25, 0.3) is 0 Å². The van der Waals surface area contributed by atoms with Gasteiger partial charge in [-0.05, 0) is 63.4 Å². The van der Waals surface area contributed by atoms with Crippen LogP contribution in [0.15, 0.2) is 24.3 Å². The summed E-state index contributed by atoms with van der Waals surface area (Å²) in [5.74, 6) is 0.656. The van der Waals surface area contributed by atoms with E-state index in [0.29, 0.717) is 6.04 Å². The molecule has 0 amide bonds. The molecule has 0 radical (unpaired) electrons. The van der Waals surface area contributed by atoms with Gasteiger partial charge in [-0.1, -0.05) is 12.1 Å². The Morgan fingerprint density at radius 1 is 1.26 bits per heavy atom. The van der Waals surface area contributed by atoms with E-state index >= 15 is 0 Å². The van der Waals surface area contributed by atoms with Crippen molar-refractivity contribution in [3.63, 3.8) is 0 Å². The topological polar surface area (TPSA) is 15.3 Å². The second-order valence-corrected chi connectivity index (χ2v) is 5.83. The predicted molar refractivity (Wildman–Crippen MR) is 77.5 cm³/mol. The molecule has 1 aromatic rings. The number of nitrogens with zero attached hydrogens (tertiary/aromatic N) is 1. The van der Waals surface area contributed by atoms with E-state index in [1.807, 2.05) is 6.07 Å². The Bertz CT molecular complexity index is 386. The van der Waals surface area contributed by atoms with E-state index < -0.39 is 0 Å². The molecular weight excluding hydrogens is 239 g/mol. The van der Waals surface area contributed by atoms with E-state index in [-0.39, 0.29) is 5.82 Å². The lowest BCUT2D eigenvalue weighted by Gasteiger charge is -2.31. The summed E-state index contributed by atoms with van der Waals surface area (Å²) in [4.78, 5) is 2.32. The molecular formula is C16H25FN2.